The van der Waals surface area contributed by atoms with Crippen molar-refractivity contribution in [3.63, 3.8) is 0 Å². The molecular formula is C9H15NO5. The number of ether oxygens (including phenoxy) is 1. The Morgan fingerprint density at radius 3 is 2.33 bits per heavy atom. The summed E-state index contributed by atoms with van der Waals surface area (Å²) in [5, 5.41) is 8.35. The average molecular weight is 217 g/mol. The monoisotopic (exact) mass is 217 g/mol. The van der Waals surface area contributed by atoms with Gasteiger partial charge >= 0.3 is 11.9 Å². The highest BCUT2D eigenvalue weighted by Gasteiger charge is 2.14. The van der Waals surface area contributed by atoms with Crippen LogP contribution in [0.4, 0.5) is 0 Å². The van der Waals surface area contributed by atoms with Gasteiger partial charge in [-0.25, -0.2) is 0 Å². The molecule has 1 N–H and O–H groups in total. The van der Waals surface area contributed by atoms with Gasteiger partial charge in [-0.2, -0.15) is 0 Å². The first-order valence-corrected chi connectivity index (χ1v) is 4.58. The molecule has 0 heterocycles. The number of hydrogen-bond donors (Lipinski definition) is 1. The van der Waals surface area contributed by atoms with Crippen molar-refractivity contribution < 1.29 is 24.2 Å². The Balaban J connectivity index is 3.88. The third-order valence-electron chi connectivity index (χ3n) is 1.65. The number of nitrogens with zero attached hydrogens (tertiary/aromatic N) is 1. The van der Waals surface area contributed by atoms with E-state index in [1.54, 1.807) is 6.92 Å². The lowest BCUT2D eigenvalue weighted by Gasteiger charge is -2.15. The normalized spacial score (nSPS) is 9.47. The van der Waals surface area contributed by atoms with Gasteiger partial charge in [0.15, 0.2) is 0 Å². The second kappa shape index (κ2) is 6.80. The van der Waals surface area contributed by atoms with Crippen molar-refractivity contribution in [1.29, 1.82) is 0 Å². The van der Waals surface area contributed by atoms with E-state index in [9.17, 15) is 14.4 Å². The average Bonchev–Trinajstić information content (AvgIpc) is 2.14. The van der Waals surface area contributed by atoms with Crippen LogP contribution >= 0.6 is 0 Å². The standard InChI is InChI=1S/C9H15NO5/c1-3-15-9(14)6-10(2)7(11)4-5-8(12)13/h3-6H2,1-2H3,(H,12,13). The summed E-state index contributed by atoms with van der Waals surface area (Å²) in [7, 11) is 1.43. The van der Waals surface area contributed by atoms with Crippen LogP contribution in [-0.2, 0) is 19.1 Å². The van der Waals surface area contributed by atoms with Crippen molar-refractivity contribution in [2.24, 2.45) is 0 Å². The number of likely N-dealkylation sites (N-methyl/N-ethyl adjacent to an activating group) is 1. The summed E-state index contributed by atoms with van der Waals surface area (Å²) in [6.45, 7) is 1.78. The van der Waals surface area contributed by atoms with E-state index in [2.05, 4.69) is 4.74 Å². The number of carboxylic acids is 1. The molecule has 6 nitrogen and oxygen atoms in total. The summed E-state index contributed by atoms with van der Waals surface area (Å²) in [5.74, 6) is -1.91. The van der Waals surface area contributed by atoms with E-state index in [4.69, 9.17) is 5.11 Å². The van der Waals surface area contributed by atoms with Crippen molar-refractivity contribution >= 4 is 17.8 Å². The smallest absolute Gasteiger partial charge is 0.325 e. The van der Waals surface area contributed by atoms with Gasteiger partial charge in [-0.3, -0.25) is 14.4 Å². The van der Waals surface area contributed by atoms with Crippen molar-refractivity contribution in [2.75, 3.05) is 20.2 Å². The number of carboxylic acid groups (broad SMARTS) is 1. The minimum Gasteiger partial charge on any atom is -0.481 e. The van der Waals surface area contributed by atoms with Gasteiger partial charge in [0.1, 0.15) is 6.54 Å². The highest BCUT2D eigenvalue weighted by Crippen LogP contribution is 1.96. The predicted molar refractivity (Wildman–Crippen MR) is 51.1 cm³/mol. The zero-order valence-electron chi connectivity index (χ0n) is 8.86. The summed E-state index contributed by atoms with van der Waals surface area (Å²) >= 11 is 0. The van der Waals surface area contributed by atoms with Crippen LogP contribution in [0.15, 0.2) is 0 Å². The topological polar surface area (TPSA) is 83.9 Å². The first kappa shape index (κ1) is 13.4. The third-order valence-corrected chi connectivity index (χ3v) is 1.65. The summed E-state index contributed by atoms with van der Waals surface area (Å²) in [4.78, 5) is 33.5. The highest BCUT2D eigenvalue weighted by molar-refractivity contribution is 5.84. The molecule has 6 heteroatoms. The number of hydrogen-bond acceptors (Lipinski definition) is 4. The molecule has 0 aromatic heterocycles. The summed E-state index contributed by atoms with van der Waals surface area (Å²) in [6, 6.07) is 0. The Morgan fingerprint density at radius 1 is 1.27 bits per heavy atom. The molecule has 0 aromatic carbocycles. The molecule has 0 saturated carbocycles. The second-order valence-electron chi connectivity index (χ2n) is 2.95. The van der Waals surface area contributed by atoms with E-state index >= 15 is 0 Å². The van der Waals surface area contributed by atoms with E-state index in [0.717, 1.165) is 4.90 Å². The van der Waals surface area contributed by atoms with Gasteiger partial charge < -0.3 is 14.7 Å². The number of esters is 1. The van der Waals surface area contributed by atoms with Crippen molar-refractivity contribution in [3.05, 3.63) is 0 Å². The molecular weight excluding hydrogens is 202 g/mol. The number of rotatable bonds is 6. The molecule has 0 aliphatic heterocycles. The SMILES string of the molecule is CCOC(=O)CN(C)C(=O)CCC(=O)O. The van der Waals surface area contributed by atoms with Crippen LogP contribution in [0.1, 0.15) is 19.8 Å². The van der Waals surface area contributed by atoms with Crippen molar-refractivity contribution in [3.8, 4) is 0 Å². The van der Waals surface area contributed by atoms with E-state index in [1.165, 1.54) is 7.05 Å². The molecule has 15 heavy (non-hydrogen) atoms. The van der Waals surface area contributed by atoms with Crippen LogP contribution in [-0.4, -0.2) is 48.1 Å². The first-order valence-electron chi connectivity index (χ1n) is 4.58. The van der Waals surface area contributed by atoms with Crippen LogP contribution < -0.4 is 0 Å². The number of carbonyl (C=O) groups is 3. The van der Waals surface area contributed by atoms with E-state index in [-0.39, 0.29) is 31.9 Å². The van der Waals surface area contributed by atoms with Crippen LogP contribution in [0.5, 0.6) is 0 Å². The van der Waals surface area contributed by atoms with Gasteiger partial charge in [0.2, 0.25) is 5.91 Å². The van der Waals surface area contributed by atoms with Crippen LogP contribution in [0.25, 0.3) is 0 Å². The molecule has 0 aromatic rings. The first-order chi connectivity index (χ1) is 6.97. The molecule has 0 aliphatic rings. The number of aliphatic carboxylic acids is 1. The minimum atomic E-state index is -1.03. The quantitative estimate of drug-likeness (QED) is 0.627. The Hall–Kier alpha value is -1.59. The lowest BCUT2D eigenvalue weighted by atomic mass is 10.3. The largest absolute Gasteiger partial charge is 0.481 e. The molecule has 0 radical (unpaired) electrons. The molecule has 0 fully saturated rings. The van der Waals surface area contributed by atoms with Gasteiger partial charge in [-0.15, -0.1) is 0 Å². The van der Waals surface area contributed by atoms with Crippen molar-refractivity contribution in [1.82, 2.24) is 4.90 Å². The van der Waals surface area contributed by atoms with Gasteiger partial charge in [-0.05, 0) is 6.92 Å². The molecule has 0 spiro atoms. The van der Waals surface area contributed by atoms with E-state index in [0.29, 0.717) is 0 Å². The van der Waals surface area contributed by atoms with Crippen LogP contribution in [0, 0.1) is 0 Å². The molecule has 0 unspecified atom stereocenters. The lowest BCUT2D eigenvalue weighted by Crippen LogP contribution is -2.33. The summed E-state index contributed by atoms with van der Waals surface area (Å²) in [5.41, 5.74) is 0. The fourth-order valence-electron chi connectivity index (χ4n) is 0.893. The minimum absolute atomic E-state index is 0.106. The third kappa shape index (κ3) is 6.48. The van der Waals surface area contributed by atoms with Gasteiger partial charge in [0.05, 0.1) is 13.0 Å². The molecule has 86 valence electrons. The van der Waals surface area contributed by atoms with E-state index in [1.807, 2.05) is 0 Å². The van der Waals surface area contributed by atoms with E-state index < -0.39 is 11.9 Å². The maximum absolute atomic E-state index is 11.2. The predicted octanol–water partition coefficient (Wildman–Crippen LogP) is -0.127. The molecule has 0 bridgehead atoms. The molecule has 1 amide bonds. The number of amides is 1. The summed E-state index contributed by atoms with van der Waals surface area (Å²) in [6.07, 6.45) is -0.336. The van der Waals surface area contributed by atoms with Crippen LogP contribution in [0.3, 0.4) is 0 Å². The fraction of sp³-hybridized carbons (Fsp3) is 0.667. The number of carbonyl (C=O) groups excluding carboxylic acids is 2. The maximum atomic E-state index is 11.2. The van der Waals surface area contributed by atoms with Gasteiger partial charge in [-0.1, -0.05) is 0 Å². The van der Waals surface area contributed by atoms with Crippen molar-refractivity contribution in [2.45, 2.75) is 19.8 Å². The zero-order chi connectivity index (χ0) is 11.8. The lowest BCUT2D eigenvalue weighted by molar-refractivity contribution is -0.148. The Bertz CT molecular complexity index is 251. The van der Waals surface area contributed by atoms with Gasteiger partial charge in [0, 0.05) is 13.5 Å². The van der Waals surface area contributed by atoms with Crippen LogP contribution in [0.2, 0.25) is 0 Å². The Labute approximate surface area is 87.8 Å². The van der Waals surface area contributed by atoms with Gasteiger partial charge in [0.25, 0.3) is 0 Å². The molecule has 0 saturated heterocycles. The second-order valence-corrected chi connectivity index (χ2v) is 2.95. The molecule has 0 atom stereocenters. The molecule has 0 rings (SSSR count). The Morgan fingerprint density at radius 2 is 1.87 bits per heavy atom. The summed E-state index contributed by atoms with van der Waals surface area (Å²) < 4.78 is 4.64. The highest BCUT2D eigenvalue weighted by atomic mass is 16.5. The molecule has 0 aliphatic carbocycles. The Kier molecular flexibility index (Phi) is 6.08. The zero-order valence-corrected chi connectivity index (χ0v) is 8.86. The fourth-order valence-corrected chi connectivity index (χ4v) is 0.893. The maximum Gasteiger partial charge on any atom is 0.325 e.